The molecule has 0 aliphatic heterocycles. The molecule has 1 rings (SSSR count). The van der Waals surface area contributed by atoms with Gasteiger partial charge in [0.05, 0.1) is 13.5 Å². The summed E-state index contributed by atoms with van der Waals surface area (Å²) in [6.07, 6.45) is -0.00410. The molecule has 21 heavy (non-hydrogen) atoms. The molecule has 0 radical (unpaired) electrons. The summed E-state index contributed by atoms with van der Waals surface area (Å²) in [7, 11) is 1.51. The van der Waals surface area contributed by atoms with Crippen molar-refractivity contribution in [3.8, 4) is 5.75 Å². The number of rotatable bonds is 7. The molecule has 1 atom stereocenters. The van der Waals surface area contributed by atoms with E-state index in [1.807, 2.05) is 6.92 Å². The lowest BCUT2D eigenvalue weighted by atomic mass is 10.1. The molecule has 0 saturated carbocycles. The normalized spacial score (nSPS) is 11.6. The molecule has 0 spiro atoms. The zero-order chi connectivity index (χ0) is 15.8. The predicted octanol–water partition coefficient (Wildman–Crippen LogP) is 2.35. The van der Waals surface area contributed by atoms with E-state index < -0.39 is 12.1 Å². The van der Waals surface area contributed by atoms with Crippen LogP contribution in [0.1, 0.15) is 25.8 Å². The van der Waals surface area contributed by atoms with Gasteiger partial charge in [-0.1, -0.05) is 18.5 Å². The lowest BCUT2D eigenvalue weighted by Gasteiger charge is -2.14. The molecule has 1 N–H and O–H groups in total. The molecule has 0 aliphatic rings. The smallest absolute Gasteiger partial charge is 0.311 e. The molecular weight excluding hydrogens is 294 g/mol. The quantitative estimate of drug-likeness (QED) is 0.785. The monoisotopic (exact) mass is 313 g/mol. The number of hydrogen-bond acceptors (Lipinski definition) is 4. The SMILES string of the molecule is CCCNC(=O)[C@H](C)OC(=O)Cc1cc(Cl)ccc1OC. The summed E-state index contributed by atoms with van der Waals surface area (Å²) in [6, 6.07) is 5.00. The van der Waals surface area contributed by atoms with Crippen LogP contribution in [0, 0.1) is 0 Å². The maximum absolute atomic E-state index is 11.9. The standard InChI is InChI=1S/C15H20ClNO4/c1-4-7-17-15(19)10(2)21-14(18)9-11-8-12(16)5-6-13(11)20-3/h5-6,8,10H,4,7,9H2,1-3H3,(H,17,19)/t10-/m0/s1. The summed E-state index contributed by atoms with van der Waals surface area (Å²) >= 11 is 5.90. The van der Waals surface area contributed by atoms with Gasteiger partial charge in [0, 0.05) is 17.1 Å². The fraction of sp³-hybridized carbons (Fsp3) is 0.467. The second kappa shape index (κ2) is 8.52. The van der Waals surface area contributed by atoms with Crippen LogP contribution in [0.2, 0.25) is 5.02 Å². The number of hydrogen-bond donors (Lipinski definition) is 1. The Labute approximate surface area is 129 Å². The van der Waals surface area contributed by atoms with Crippen LogP contribution in [-0.4, -0.2) is 31.6 Å². The van der Waals surface area contributed by atoms with Crippen molar-refractivity contribution < 1.29 is 19.1 Å². The summed E-state index contributed by atoms with van der Waals surface area (Å²) in [5.41, 5.74) is 0.621. The van der Waals surface area contributed by atoms with E-state index in [1.165, 1.54) is 14.0 Å². The Bertz CT molecular complexity index is 504. The van der Waals surface area contributed by atoms with Gasteiger partial charge in [0.15, 0.2) is 6.10 Å². The van der Waals surface area contributed by atoms with Crippen LogP contribution in [-0.2, 0) is 20.7 Å². The van der Waals surface area contributed by atoms with E-state index >= 15 is 0 Å². The highest BCUT2D eigenvalue weighted by molar-refractivity contribution is 6.30. The van der Waals surface area contributed by atoms with E-state index in [-0.39, 0.29) is 12.3 Å². The minimum absolute atomic E-state index is 0.00483. The van der Waals surface area contributed by atoms with E-state index in [0.717, 1.165) is 6.42 Å². The second-order valence-electron chi connectivity index (χ2n) is 4.56. The molecule has 0 fully saturated rings. The number of benzene rings is 1. The first kappa shape index (κ1) is 17.3. The summed E-state index contributed by atoms with van der Waals surface area (Å²) in [4.78, 5) is 23.5. The van der Waals surface area contributed by atoms with Crippen molar-refractivity contribution in [2.75, 3.05) is 13.7 Å². The predicted molar refractivity (Wildman–Crippen MR) is 80.6 cm³/mol. The van der Waals surface area contributed by atoms with Crippen molar-refractivity contribution in [3.05, 3.63) is 28.8 Å². The van der Waals surface area contributed by atoms with Crippen molar-refractivity contribution in [1.29, 1.82) is 0 Å². The van der Waals surface area contributed by atoms with Gasteiger partial charge in [0.1, 0.15) is 5.75 Å². The van der Waals surface area contributed by atoms with Crippen molar-refractivity contribution >= 4 is 23.5 Å². The molecule has 0 saturated heterocycles. The van der Waals surface area contributed by atoms with Gasteiger partial charge in [-0.3, -0.25) is 9.59 Å². The van der Waals surface area contributed by atoms with Crippen LogP contribution < -0.4 is 10.1 Å². The number of ether oxygens (including phenoxy) is 2. The zero-order valence-corrected chi connectivity index (χ0v) is 13.2. The summed E-state index contributed by atoms with van der Waals surface area (Å²) in [6.45, 7) is 4.04. The lowest BCUT2D eigenvalue weighted by Crippen LogP contribution is -2.36. The molecule has 0 heterocycles. The Morgan fingerprint density at radius 1 is 1.38 bits per heavy atom. The van der Waals surface area contributed by atoms with Crippen LogP contribution in [0.15, 0.2) is 18.2 Å². The number of halogens is 1. The lowest BCUT2D eigenvalue weighted by molar-refractivity contribution is -0.154. The van der Waals surface area contributed by atoms with Crippen molar-refractivity contribution in [2.45, 2.75) is 32.8 Å². The molecule has 0 aliphatic carbocycles. The van der Waals surface area contributed by atoms with Crippen LogP contribution in [0.5, 0.6) is 5.75 Å². The van der Waals surface area contributed by atoms with Crippen LogP contribution in [0.3, 0.4) is 0 Å². The molecule has 0 bridgehead atoms. The van der Waals surface area contributed by atoms with Crippen molar-refractivity contribution in [1.82, 2.24) is 5.32 Å². The van der Waals surface area contributed by atoms with Crippen molar-refractivity contribution in [3.63, 3.8) is 0 Å². The van der Waals surface area contributed by atoms with Gasteiger partial charge in [-0.25, -0.2) is 0 Å². The Morgan fingerprint density at radius 3 is 2.71 bits per heavy atom. The number of methoxy groups -OCH3 is 1. The number of carbonyl (C=O) groups is 2. The Balaban J connectivity index is 2.61. The average molecular weight is 314 g/mol. The summed E-state index contributed by atoms with van der Waals surface area (Å²) < 4.78 is 10.3. The summed E-state index contributed by atoms with van der Waals surface area (Å²) in [5, 5.41) is 3.18. The maximum atomic E-state index is 11.9. The number of esters is 1. The Hall–Kier alpha value is -1.75. The van der Waals surface area contributed by atoms with Crippen molar-refractivity contribution in [2.24, 2.45) is 0 Å². The van der Waals surface area contributed by atoms with Gasteiger partial charge < -0.3 is 14.8 Å². The highest BCUT2D eigenvalue weighted by Crippen LogP contribution is 2.23. The summed E-state index contributed by atoms with van der Waals surface area (Å²) in [5.74, 6) is -0.252. The van der Waals surface area contributed by atoms with Crippen LogP contribution in [0.4, 0.5) is 0 Å². The fourth-order valence-electron chi connectivity index (χ4n) is 1.73. The molecule has 1 aromatic carbocycles. The molecular formula is C15H20ClNO4. The highest BCUT2D eigenvalue weighted by atomic mass is 35.5. The average Bonchev–Trinajstić information content (AvgIpc) is 2.44. The maximum Gasteiger partial charge on any atom is 0.311 e. The fourth-order valence-corrected chi connectivity index (χ4v) is 1.92. The molecule has 0 unspecified atom stereocenters. The topological polar surface area (TPSA) is 64.6 Å². The van der Waals surface area contributed by atoms with Gasteiger partial charge in [-0.2, -0.15) is 0 Å². The Morgan fingerprint density at radius 2 is 2.10 bits per heavy atom. The minimum Gasteiger partial charge on any atom is -0.496 e. The first-order valence-corrected chi connectivity index (χ1v) is 7.15. The zero-order valence-electron chi connectivity index (χ0n) is 12.4. The number of carbonyl (C=O) groups excluding carboxylic acids is 2. The van der Waals surface area contributed by atoms with Gasteiger partial charge in [0.2, 0.25) is 0 Å². The molecule has 5 nitrogen and oxygen atoms in total. The third-order valence-corrected chi connectivity index (χ3v) is 3.04. The molecule has 6 heteroatoms. The van der Waals surface area contributed by atoms with Gasteiger partial charge in [-0.05, 0) is 31.5 Å². The minimum atomic E-state index is -0.825. The van der Waals surface area contributed by atoms with E-state index in [9.17, 15) is 9.59 Å². The van der Waals surface area contributed by atoms with E-state index in [4.69, 9.17) is 21.1 Å². The van der Waals surface area contributed by atoms with E-state index in [1.54, 1.807) is 18.2 Å². The van der Waals surface area contributed by atoms with Gasteiger partial charge in [0.25, 0.3) is 5.91 Å². The number of amides is 1. The highest BCUT2D eigenvalue weighted by Gasteiger charge is 2.18. The van der Waals surface area contributed by atoms with Crippen LogP contribution >= 0.6 is 11.6 Å². The molecule has 116 valence electrons. The first-order valence-electron chi connectivity index (χ1n) is 6.77. The van der Waals surface area contributed by atoms with E-state index in [2.05, 4.69) is 5.32 Å². The Kier molecular flexibility index (Phi) is 7.02. The third kappa shape index (κ3) is 5.63. The third-order valence-electron chi connectivity index (χ3n) is 2.80. The van der Waals surface area contributed by atoms with Gasteiger partial charge in [-0.15, -0.1) is 0 Å². The molecule has 0 aromatic heterocycles. The van der Waals surface area contributed by atoms with E-state index in [0.29, 0.717) is 22.9 Å². The van der Waals surface area contributed by atoms with Gasteiger partial charge >= 0.3 is 5.97 Å². The number of nitrogens with one attached hydrogen (secondary N) is 1. The molecule has 1 aromatic rings. The first-order chi connectivity index (χ1) is 9.97. The largest absolute Gasteiger partial charge is 0.496 e. The molecule has 1 amide bonds. The second-order valence-corrected chi connectivity index (χ2v) is 4.99. The van der Waals surface area contributed by atoms with Crippen LogP contribution in [0.25, 0.3) is 0 Å².